The van der Waals surface area contributed by atoms with Crippen LogP contribution in [0.5, 0.6) is 0 Å². The van der Waals surface area contributed by atoms with Crippen LogP contribution in [0.3, 0.4) is 0 Å². The van der Waals surface area contributed by atoms with E-state index in [1.165, 1.54) is 0 Å². The van der Waals surface area contributed by atoms with Gasteiger partial charge in [-0.15, -0.1) is 10.2 Å². The van der Waals surface area contributed by atoms with Gasteiger partial charge in [0.2, 0.25) is 5.16 Å². The van der Waals surface area contributed by atoms with Crippen molar-refractivity contribution in [3.63, 3.8) is 0 Å². The van der Waals surface area contributed by atoms with Crippen LogP contribution in [0, 0.1) is 0 Å². The Balaban J connectivity index is 1.44. The van der Waals surface area contributed by atoms with E-state index in [0.717, 1.165) is 32.7 Å². The fraction of sp³-hybridized carbons (Fsp3) is 0.0526. The molecule has 0 aliphatic rings. The van der Waals surface area contributed by atoms with Crippen molar-refractivity contribution in [3.8, 4) is 5.69 Å². The van der Waals surface area contributed by atoms with Crippen LogP contribution in [0.4, 0.5) is 0 Å². The fourth-order valence-electron chi connectivity index (χ4n) is 2.38. The Bertz CT molecular complexity index is 1040. The molecule has 2 aromatic carbocycles. The Labute approximate surface area is 165 Å². The molecular formula is C19H15ClN6S. The summed E-state index contributed by atoms with van der Waals surface area (Å²) in [6.45, 7) is 0. The normalized spacial score (nSPS) is 11.3. The van der Waals surface area contributed by atoms with Crippen molar-refractivity contribution in [2.45, 2.75) is 10.9 Å². The molecule has 0 N–H and O–H groups in total. The molecule has 0 saturated carbocycles. The van der Waals surface area contributed by atoms with Crippen molar-refractivity contribution in [2.75, 3.05) is 0 Å². The van der Waals surface area contributed by atoms with Gasteiger partial charge in [-0.2, -0.15) is 14.9 Å². The monoisotopic (exact) mass is 394 g/mol. The maximum atomic E-state index is 5.92. The van der Waals surface area contributed by atoms with Gasteiger partial charge in [0.15, 0.2) is 0 Å². The van der Waals surface area contributed by atoms with Gasteiger partial charge in [0.1, 0.15) is 6.33 Å². The standard InChI is InChI=1S/C19H15ClN6S/c20-17-8-6-15(7-9-17)13-27-19-24-21-14-26(19)23-11-16-10-22-25(12-16)18-4-2-1-3-5-18/h1-12,14H,13H2/b23-11-. The average molecular weight is 395 g/mol. The van der Waals surface area contributed by atoms with Crippen molar-refractivity contribution < 1.29 is 0 Å². The highest BCUT2D eigenvalue weighted by Crippen LogP contribution is 2.21. The topological polar surface area (TPSA) is 60.9 Å². The molecule has 27 heavy (non-hydrogen) atoms. The maximum Gasteiger partial charge on any atom is 0.212 e. The van der Waals surface area contributed by atoms with Crippen LogP contribution >= 0.6 is 23.4 Å². The van der Waals surface area contributed by atoms with Gasteiger partial charge in [0.05, 0.1) is 18.1 Å². The zero-order valence-electron chi connectivity index (χ0n) is 14.2. The second kappa shape index (κ2) is 8.20. The van der Waals surface area contributed by atoms with E-state index < -0.39 is 0 Å². The predicted molar refractivity (Wildman–Crippen MR) is 108 cm³/mol. The molecule has 134 valence electrons. The van der Waals surface area contributed by atoms with Crippen molar-refractivity contribution in [1.29, 1.82) is 0 Å². The number of hydrogen-bond acceptors (Lipinski definition) is 5. The van der Waals surface area contributed by atoms with Crippen LogP contribution in [-0.2, 0) is 5.75 Å². The third-order valence-corrected chi connectivity index (χ3v) is 4.99. The Hall–Kier alpha value is -2.90. The molecule has 2 heterocycles. The van der Waals surface area contributed by atoms with Crippen molar-refractivity contribution >= 4 is 29.6 Å². The van der Waals surface area contributed by atoms with E-state index in [4.69, 9.17) is 11.6 Å². The molecule has 2 aromatic heterocycles. The summed E-state index contributed by atoms with van der Waals surface area (Å²) < 4.78 is 3.46. The van der Waals surface area contributed by atoms with Crippen LogP contribution < -0.4 is 0 Å². The first kappa shape index (κ1) is 17.5. The van der Waals surface area contributed by atoms with Gasteiger partial charge in [-0.1, -0.05) is 53.7 Å². The predicted octanol–water partition coefficient (Wildman–Crippen LogP) is 4.29. The molecule has 6 nitrogen and oxygen atoms in total. The molecule has 0 amide bonds. The van der Waals surface area contributed by atoms with Crippen LogP contribution in [0.25, 0.3) is 5.69 Å². The molecular weight excluding hydrogens is 380 g/mol. The van der Waals surface area contributed by atoms with E-state index in [2.05, 4.69) is 20.4 Å². The Morgan fingerprint density at radius 2 is 1.89 bits per heavy atom. The van der Waals surface area contributed by atoms with Gasteiger partial charge in [-0.25, -0.2) is 4.68 Å². The maximum absolute atomic E-state index is 5.92. The fourth-order valence-corrected chi connectivity index (χ4v) is 3.32. The summed E-state index contributed by atoms with van der Waals surface area (Å²) in [6.07, 6.45) is 7.01. The number of aromatic nitrogens is 5. The molecule has 0 bridgehead atoms. The third kappa shape index (κ3) is 4.45. The third-order valence-electron chi connectivity index (χ3n) is 3.74. The molecule has 0 saturated heterocycles. The van der Waals surface area contributed by atoms with E-state index >= 15 is 0 Å². The van der Waals surface area contributed by atoms with E-state index in [1.807, 2.05) is 65.5 Å². The highest BCUT2D eigenvalue weighted by molar-refractivity contribution is 7.98. The van der Waals surface area contributed by atoms with Crippen molar-refractivity contribution in [2.24, 2.45) is 5.10 Å². The van der Waals surface area contributed by atoms with Crippen LogP contribution in [-0.4, -0.2) is 30.9 Å². The lowest BCUT2D eigenvalue weighted by atomic mass is 10.2. The Kier molecular flexibility index (Phi) is 5.32. The molecule has 0 atom stereocenters. The number of hydrogen-bond donors (Lipinski definition) is 0. The number of para-hydroxylation sites is 1. The quantitative estimate of drug-likeness (QED) is 0.361. The highest BCUT2D eigenvalue weighted by Gasteiger charge is 2.05. The average Bonchev–Trinajstić information content (AvgIpc) is 3.36. The summed E-state index contributed by atoms with van der Waals surface area (Å²) in [5, 5.41) is 18.3. The van der Waals surface area contributed by atoms with E-state index in [-0.39, 0.29) is 0 Å². The first-order valence-corrected chi connectivity index (χ1v) is 9.56. The van der Waals surface area contributed by atoms with Gasteiger partial charge in [0, 0.05) is 22.5 Å². The minimum Gasteiger partial charge on any atom is -0.240 e. The largest absolute Gasteiger partial charge is 0.240 e. The first-order valence-electron chi connectivity index (χ1n) is 8.20. The molecule has 0 fully saturated rings. The summed E-state index contributed by atoms with van der Waals surface area (Å²) in [4.78, 5) is 0. The summed E-state index contributed by atoms with van der Waals surface area (Å²) in [6, 6.07) is 17.7. The van der Waals surface area contributed by atoms with Crippen LogP contribution in [0.1, 0.15) is 11.1 Å². The number of rotatable bonds is 6. The molecule has 0 unspecified atom stereocenters. The Morgan fingerprint density at radius 1 is 1.07 bits per heavy atom. The zero-order valence-corrected chi connectivity index (χ0v) is 15.8. The van der Waals surface area contributed by atoms with Crippen LogP contribution in [0.15, 0.2) is 83.6 Å². The minimum absolute atomic E-state index is 0.719. The minimum atomic E-state index is 0.719. The Morgan fingerprint density at radius 3 is 2.70 bits per heavy atom. The van der Waals surface area contributed by atoms with Crippen molar-refractivity contribution in [1.82, 2.24) is 24.7 Å². The summed E-state index contributed by atoms with van der Waals surface area (Å²) in [5.41, 5.74) is 3.05. The highest BCUT2D eigenvalue weighted by atomic mass is 35.5. The molecule has 0 radical (unpaired) electrons. The lowest BCUT2D eigenvalue weighted by Crippen LogP contribution is -1.93. The second-order valence-electron chi connectivity index (χ2n) is 5.67. The van der Waals surface area contributed by atoms with Gasteiger partial charge >= 0.3 is 0 Å². The lowest BCUT2D eigenvalue weighted by molar-refractivity contribution is 0.767. The van der Waals surface area contributed by atoms with E-state index in [1.54, 1.807) is 35.2 Å². The SMILES string of the molecule is Clc1ccc(CSc2nncn2/N=C\c2cnn(-c3ccccc3)c2)cc1. The number of benzene rings is 2. The van der Waals surface area contributed by atoms with Crippen LogP contribution in [0.2, 0.25) is 5.02 Å². The lowest BCUT2D eigenvalue weighted by Gasteiger charge is -2.01. The smallest absolute Gasteiger partial charge is 0.212 e. The van der Waals surface area contributed by atoms with E-state index in [0.29, 0.717) is 0 Å². The van der Waals surface area contributed by atoms with Crippen molar-refractivity contribution in [3.05, 3.63) is 89.5 Å². The number of nitrogens with zero attached hydrogens (tertiary/aromatic N) is 6. The molecule has 0 spiro atoms. The van der Waals surface area contributed by atoms with Gasteiger partial charge in [0.25, 0.3) is 0 Å². The number of halogens is 1. The van der Waals surface area contributed by atoms with Gasteiger partial charge < -0.3 is 0 Å². The molecule has 8 heteroatoms. The second-order valence-corrected chi connectivity index (χ2v) is 7.05. The van der Waals surface area contributed by atoms with Gasteiger partial charge in [-0.05, 0) is 29.8 Å². The van der Waals surface area contributed by atoms with E-state index in [9.17, 15) is 0 Å². The summed E-state index contributed by atoms with van der Waals surface area (Å²) >= 11 is 7.48. The molecule has 4 aromatic rings. The first-order chi connectivity index (χ1) is 13.3. The number of thioether (sulfide) groups is 1. The molecule has 0 aliphatic heterocycles. The summed E-state index contributed by atoms with van der Waals surface area (Å²) in [7, 11) is 0. The zero-order chi connectivity index (χ0) is 18.5. The van der Waals surface area contributed by atoms with Gasteiger partial charge in [-0.3, -0.25) is 0 Å². The summed E-state index contributed by atoms with van der Waals surface area (Å²) in [5.74, 6) is 0.761. The molecule has 0 aliphatic carbocycles. The molecule has 4 rings (SSSR count).